The minimum absolute atomic E-state index is 0.0312. The van der Waals surface area contributed by atoms with Crippen molar-refractivity contribution in [2.45, 2.75) is 45.6 Å². The van der Waals surface area contributed by atoms with Crippen LogP contribution in [0.15, 0.2) is 24.3 Å². The van der Waals surface area contributed by atoms with Crippen molar-refractivity contribution in [3.05, 3.63) is 24.3 Å². The number of benzene rings is 1. The van der Waals surface area contributed by atoms with Crippen molar-refractivity contribution >= 4 is 29.3 Å². The maximum Gasteiger partial charge on any atom is 0.227 e. The Bertz CT molecular complexity index is 580. The molecule has 0 fully saturated rings. The van der Waals surface area contributed by atoms with Gasteiger partial charge in [0.05, 0.1) is 12.2 Å². The first-order valence-electron chi connectivity index (χ1n) is 9.02. The lowest BCUT2D eigenvalue weighted by Crippen LogP contribution is -2.42. The molecule has 1 aliphatic rings. The first-order chi connectivity index (χ1) is 12.1. The third-order valence-electron chi connectivity index (χ3n) is 3.93. The molecule has 2 amide bonds. The van der Waals surface area contributed by atoms with E-state index in [0.717, 1.165) is 23.6 Å². The van der Waals surface area contributed by atoms with Gasteiger partial charge in [-0.25, -0.2) is 0 Å². The zero-order valence-corrected chi connectivity index (χ0v) is 15.9. The van der Waals surface area contributed by atoms with Crippen LogP contribution in [0.3, 0.4) is 0 Å². The average molecular weight is 365 g/mol. The van der Waals surface area contributed by atoms with Crippen molar-refractivity contribution in [2.75, 3.05) is 29.5 Å². The standard InChI is InChI=1S/C19H28N2O3S/c1-3-12-25-13-6-11-20-18(22)9-10-19(23)21-14-15(2)24-17-8-5-4-7-16(17)21/h4-5,7-8,15H,3,6,9-14H2,1-2H3,(H,20,22)/t15-/m1/s1. The molecular weight excluding hydrogens is 336 g/mol. The zero-order valence-electron chi connectivity index (χ0n) is 15.1. The second kappa shape index (κ2) is 10.3. The summed E-state index contributed by atoms with van der Waals surface area (Å²) >= 11 is 1.91. The zero-order chi connectivity index (χ0) is 18.1. The summed E-state index contributed by atoms with van der Waals surface area (Å²) in [4.78, 5) is 26.2. The molecule has 0 bridgehead atoms. The molecule has 0 saturated heterocycles. The third-order valence-corrected chi connectivity index (χ3v) is 5.20. The molecule has 0 spiro atoms. The van der Waals surface area contributed by atoms with Gasteiger partial charge in [-0.2, -0.15) is 11.8 Å². The molecule has 1 N–H and O–H groups in total. The number of thioether (sulfide) groups is 1. The summed E-state index contributed by atoms with van der Waals surface area (Å²) in [5.41, 5.74) is 0.791. The number of carbonyl (C=O) groups is 2. The maximum absolute atomic E-state index is 12.5. The monoisotopic (exact) mass is 364 g/mol. The summed E-state index contributed by atoms with van der Waals surface area (Å²) in [7, 11) is 0. The maximum atomic E-state index is 12.5. The Balaban J connectivity index is 1.74. The molecule has 0 saturated carbocycles. The Morgan fingerprint density at radius 2 is 2.08 bits per heavy atom. The highest BCUT2D eigenvalue weighted by Gasteiger charge is 2.27. The van der Waals surface area contributed by atoms with Crippen LogP contribution in [-0.2, 0) is 9.59 Å². The van der Waals surface area contributed by atoms with Crippen LogP contribution in [0.4, 0.5) is 5.69 Å². The van der Waals surface area contributed by atoms with E-state index in [1.54, 1.807) is 4.90 Å². The quantitative estimate of drug-likeness (QED) is 0.684. The molecule has 1 atom stereocenters. The topological polar surface area (TPSA) is 58.6 Å². The molecule has 138 valence electrons. The first-order valence-corrected chi connectivity index (χ1v) is 10.2. The van der Waals surface area contributed by atoms with Crippen LogP contribution in [0.2, 0.25) is 0 Å². The van der Waals surface area contributed by atoms with Gasteiger partial charge >= 0.3 is 0 Å². The highest BCUT2D eigenvalue weighted by molar-refractivity contribution is 7.99. The van der Waals surface area contributed by atoms with Crippen LogP contribution in [0, 0.1) is 0 Å². The summed E-state index contributed by atoms with van der Waals surface area (Å²) in [6.45, 7) is 5.31. The number of hydrogen-bond acceptors (Lipinski definition) is 4. The molecule has 1 aliphatic heterocycles. The largest absolute Gasteiger partial charge is 0.487 e. The summed E-state index contributed by atoms with van der Waals surface area (Å²) < 4.78 is 5.76. The molecule has 1 aromatic rings. The number of fused-ring (bicyclic) bond motifs is 1. The highest BCUT2D eigenvalue weighted by atomic mass is 32.2. The van der Waals surface area contributed by atoms with Gasteiger partial charge in [0, 0.05) is 19.4 Å². The third kappa shape index (κ3) is 6.27. The van der Waals surface area contributed by atoms with Gasteiger partial charge in [0.25, 0.3) is 0 Å². The van der Waals surface area contributed by atoms with E-state index in [2.05, 4.69) is 12.2 Å². The molecule has 0 aliphatic carbocycles. The van der Waals surface area contributed by atoms with Crippen LogP contribution in [0.1, 0.15) is 39.5 Å². The fraction of sp³-hybridized carbons (Fsp3) is 0.579. The number of amides is 2. The van der Waals surface area contributed by atoms with E-state index in [1.807, 2.05) is 43.0 Å². The molecule has 0 aromatic heterocycles. The van der Waals surface area contributed by atoms with E-state index in [1.165, 1.54) is 12.2 Å². The predicted molar refractivity (Wildman–Crippen MR) is 103 cm³/mol. The fourth-order valence-electron chi connectivity index (χ4n) is 2.72. The molecule has 5 nitrogen and oxygen atoms in total. The molecule has 2 rings (SSSR count). The number of nitrogens with zero attached hydrogens (tertiary/aromatic N) is 1. The normalized spacial score (nSPS) is 16.1. The lowest BCUT2D eigenvalue weighted by molar-refractivity contribution is -0.125. The van der Waals surface area contributed by atoms with Crippen molar-refractivity contribution < 1.29 is 14.3 Å². The van der Waals surface area contributed by atoms with E-state index < -0.39 is 0 Å². The van der Waals surface area contributed by atoms with Gasteiger partial charge in [-0.1, -0.05) is 19.1 Å². The van der Waals surface area contributed by atoms with E-state index in [4.69, 9.17) is 4.74 Å². The summed E-state index contributed by atoms with van der Waals surface area (Å²) in [5, 5.41) is 2.90. The highest BCUT2D eigenvalue weighted by Crippen LogP contribution is 2.33. The van der Waals surface area contributed by atoms with Gasteiger partial charge in [-0.15, -0.1) is 0 Å². The van der Waals surface area contributed by atoms with E-state index in [9.17, 15) is 9.59 Å². The Hall–Kier alpha value is -1.69. The second-order valence-electron chi connectivity index (χ2n) is 6.22. The SMILES string of the molecule is CCCSCCCNC(=O)CCC(=O)N1C[C@@H](C)Oc2ccccc21. The molecule has 25 heavy (non-hydrogen) atoms. The fourth-order valence-corrected chi connectivity index (χ4v) is 3.56. The number of para-hydroxylation sites is 2. The Kier molecular flexibility index (Phi) is 8.12. The van der Waals surface area contributed by atoms with Crippen LogP contribution in [0.25, 0.3) is 0 Å². The number of anilines is 1. The van der Waals surface area contributed by atoms with Crippen molar-refractivity contribution in [3.8, 4) is 5.75 Å². The lowest BCUT2D eigenvalue weighted by atomic mass is 10.1. The van der Waals surface area contributed by atoms with Gasteiger partial charge < -0.3 is 15.0 Å². The molecule has 0 radical (unpaired) electrons. The molecule has 6 heteroatoms. The average Bonchev–Trinajstić information content (AvgIpc) is 2.61. The predicted octanol–water partition coefficient (Wildman–Crippen LogP) is 3.23. The smallest absolute Gasteiger partial charge is 0.227 e. The number of nitrogens with one attached hydrogen (secondary N) is 1. The van der Waals surface area contributed by atoms with Crippen molar-refractivity contribution in [3.63, 3.8) is 0 Å². The summed E-state index contributed by atoms with van der Waals surface area (Å²) in [6.07, 6.45) is 2.56. The first kappa shape index (κ1) is 19.6. The number of hydrogen-bond donors (Lipinski definition) is 1. The van der Waals surface area contributed by atoms with E-state index in [-0.39, 0.29) is 30.8 Å². The van der Waals surface area contributed by atoms with Crippen molar-refractivity contribution in [2.24, 2.45) is 0 Å². The van der Waals surface area contributed by atoms with Crippen LogP contribution in [0.5, 0.6) is 5.75 Å². The molecule has 0 unspecified atom stereocenters. The minimum Gasteiger partial charge on any atom is -0.487 e. The minimum atomic E-state index is -0.0524. The van der Waals surface area contributed by atoms with E-state index >= 15 is 0 Å². The van der Waals surface area contributed by atoms with Crippen molar-refractivity contribution in [1.82, 2.24) is 5.32 Å². The Morgan fingerprint density at radius 1 is 1.28 bits per heavy atom. The van der Waals surface area contributed by atoms with Crippen LogP contribution >= 0.6 is 11.8 Å². The second-order valence-corrected chi connectivity index (χ2v) is 7.44. The van der Waals surface area contributed by atoms with Gasteiger partial charge in [-0.05, 0) is 43.4 Å². The number of rotatable bonds is 9. The Morgan fingerprint density at radius 3 is 2.88 bits per heavy atom. The Labute approximate surface area is 154 Å². The molecule has 1 aromatic carbocycles. The van der Waals surface area contributed by atoms with Crippen LogP contribution in [-0.4, -0.2) is 42.5 Å². The number of ether oxygens (including phenoxy) is 1. The van der Waals surface area contributed by atoms with Gasteiger partial charge in [0.2, 0.25) is 11.8 Å². The summed E-state index contributed by atoms with van der Waals surface area (Å²) in [5.74, 6) is 2.88. The lowest BCUT2D eigenvalue weighted by Gasteiger charge is -2.33. The van der Waals surface area contributed by atoms with Gasteiger partial charge in [0.15, 0.2) is 0 Å². The number of carbonyl (C=O) groups excluding carboxylic acids is 2. The molecule has 1 heterocycles. The van der Waals surface area contributed by atoms with Crippen LogP contribution < -0.4 is 15.0 Å². The molecular formula is C19H28N2O3S. The van der Waals surface area contributed by atoms with E-state index in [0.29, 0.717) is 13.1 Å². The van der Waals surface area contributed by atoms with Crippen molar-refractivity contribution in [1.29, 1.82) is 0 Å². The summed E-state index contributed by atoms with van der Waals surface area (Å²) in [6, 6.07) is 7.54. The van der Waals surface area contributed by atoms with Gasteiger partial charge in [-0.3, -0.25) is 9.59 Å². The van der Waals surface area contributed by atoms with Gasteiger partial charge in [0.1, 0.15) is 11.9 Å².